The molecule has 0 spiro atoms. The third kappa shape index (κ3) is 2.49. The highest BCUT2D eigenvalue weighted by Crippen LogP contribution is 2.35. The molecule has 0 radical (unpaired) electrons. The number of hydrogen-bond acceptors (Lipinski definition) is 3. The second kappa shape index (κ2) is 3.73. The summed E-state index contributed by atoms with van der Waals surface area (Å²) in [6.45, 7) is 0. The Morgan fingerprint density at radius 1 is 1.70 bits per heavy atom. The number of amides is 1. The highest BCUT2D eigenvalue weighted by atomic mass is 33.1. The lowest BCUT2D eigenvalue weighted by atomic mass is 10.3. The quantitative estimate of drug-likeness (QED) is 0.505. The topological polar surface area (TPSA) is 43.1 Å². The van der Waals surface area contributed by atoms with Gasteiger partial charge in [0.05, 0.1) is 5.25 Å². The normalized spacial score (nSPS) is 24.2. The number of carbonyl (C=O) groups is 1. The minimum absolute atomic E-state index is 0.317. The molecule has 0 aromatic rings. The molecule has 1 aliphatic heterocycles. The molecule has 0 aromatic carbocycles. The second-order valence-corrected chi connectivity index (χ2v) is 4.10. The molecule has 4 heteroatoms. The lowest BCUT2D eigenvalue weighted by Gasteiger charge is -1.93. The zero-order chi connectivity index (χ0) is 7.40. The molecule has 1 rings (SSSR count). The van der Waals surface area contributed by atoms with Crippen LogP contribution in [-0.2, 0) is 4.79 Å². The fourth-order valence-corrected chi connectivity index (χ4v) is 2.49. The molecule has 0 aromatic heterocycles. The highest BCUT2D eigenvalue weighted by molar-refractivity contribution is 8.78. The Morgan fingerprint density at radius 2 is 2.50 bits per heavy atom. The van der Waals surface area contributed by atoms with Crippen molar-refractivity contribution in [3.63, 3.8) is 0 Å². The van der Waals surface area contributed by atoms with Gasteiger partial charge in [-0.15, -0.1) is 0 Å². The molecule has 0 bridgehead atoms. The number of carbonyl (C=O) groups excluding carboxylic acids is 1. The Morgan fingerprint density at radius 3 is 3.00 bits per heavy atom. The summed E-state index contributed by atoms with van der Waals surface area (Å²) in [7, 11) is 3.36. The summed E-state index contributed by atoms with van der Waals surface area (Å²) in [6, 6.07) is 0. The second-order valence-electron chi connectivity index (χ2n) is 1.75. The first-order chi connectivity index (χ1) is 4.79. The van der Waals surface area contributed by atoms with Crippen LogP contribution in [0.2, 0.25) is 0 Å². The van der Waals surface area contributed by atoms with Crippen LogP contribution in [0.5, 0.6) is 0 Å². The van der Waals surface area contributed by atoms with E-state index >= 15 is 0 Å². The van der Waals surface area contributed by atoms with Crippen LogP contribution in [0, 0.1) is 0 Å². The molecular formula is C6H7NOS2. The van der Waals surface area contributed by atoms with Crippen LogP contribution >= 0.6 is 21.6 Å². The molecule has 10 heavy (non-hydrogen) atoms. The molecule has 0 saturated heterocycles. The van der Waals surface area contributed by atoms with Crippen LogP contribution in [0.3, 0.4) is 0 Å². The number of nitrogens with two attached hydrogens (primary N) is 1. The lowest BCUT2D eigenvalue weighted by Crippen LogP contribution is -2.06. The average molecular weight is 173 g/mol. The summed E-state index contributed by atoms with van der Waals surface area (Å²) < 4.78 is 0. The summed E-state index contributed by atoms with van der Waals surface area (Å²) in [5, 5.41) is 2.32. The van der Waals surface area contributed by atoms with Crippen molar-refractivity contribution >= 4 is 27.5 Å². The van der Waals surface area contributed by atoms with Gasteiger partial charge in [0.15, 0.2) is 0 Å². The molecule has 1 unspecified atom stereocenters. The van der Waals surface area contributed by atoms with Crippen LogP contribution in [-0.4, -0.2) is 11.2 Å². The SMILES string of the molecule is NC(=O)C=CC1C=CSS1. The van der Waals surface area contributed by atoms with Crippen molar-refractivity contribution in [2.45, 2.75) is 5.25 Å². The lowest BCUT2D eigenvalue weighted by molar-refractivity contribution is -0.113. The zero-order valence-electron chi connectivity index (χ0n) is 5.19. The molecule has 0 saturated carbocycles. The monoisotopic (exact) mass is 173 g/mol. The molecule has 1 heterocycles. The first kappa shape index (κ1) is 7.75. The smallest absolute Gasteiger partial charge is 0.241 e. The van der Waals surface area contributed by atoms with Gasteiger partial charge in [-0.3, -0.25) is 4.79 Å². The maximum Gasteiger partial charge on any atom is 0.241 e. The van der Waals surface area contributed by atoms with Crippen LogP contribution in [0.15, 0.2) is 23.6 Å². The maximum atomic E-state index is 10.3. The van der Waals surface area contributed by atoms with E-state index in [0.717, 1.165) is 0 Å². The van der Waals surface area contributed by atoms with Gasteiger partial charge in [-0.25, -0.2) is 0 Å². The Balaban J connectivity index is 2.37. The summed E-state index contributed by atoms with van der Waals surface area (Å²) >= 11 is 0. The van der Waals surface area contributed by atoms with Crippen molar-refractivity contribution in [3.8, 4) is 0 Å². The fourth-order valence-electron chi connectivity index (χ4n) is 0.524. The van der Waals surface area contributed by atoms with Crippen molar-refractivity contribution < 1.29 is 4.79 Å². The first-order valence-electron chi connectivity index (χ1n) is 2.75. The van der Waals surface area contributed by atoms with Gasteiger partial charge in [0, 0.05) is 6.08 Å². The zero-order valence-corrected chi connectivity index (χ0v) is 6.82. The summed E-state index contributed by atoms with van der Waals surface area (Å²) in [6.07, 6.45) is 5.21. The number of hydrogen-bond donors (Lipinski definition) is 1. The van der Waals surface area contributed by atoms with Gasteiger partial charge < -0.3 is 5.73 Å². The average Bonchev–Trinajstić information content (AvgIpc) is 2.34. The molecule has 2 nitrogen and oxygen atoms in total. The van der Waals surface area contributed by atoms with E-state index in [0.29, 0.717) is 5.25 Å². The van der Waals surface area contributed by atoms with Crippen molar-refractivity contribution in [2.24, 2.45) is 5.73 Å². The van der Waals surface area contributed by atoms with E-state index < -0.39 is 0 Å². The van der Waals surface area contributed by atoms with E-state index in [-0.39, 0.29) is 5.91 Å². The standard InChI is InChI=1S/C6H7NOS2/c7-6(8)2-1-5-3-4-9-10-5/h1-5H,(H2,7,8). The summed E-state index contributed by atoms with van der Waals surface area (Å²) in [4.78, 5) is 10.3. The molecule has 54 valence electrons. The first-order valence-corrected chi connectivity index (χ1v) is 5.03. The van der Waals surface area contributed by atoms with Gasteiger partial charge in [-0.2, -0.15) is 0 Å². The minimum Gasteiger partial charge on any atom is -0.366 e. The van der Waals surface area contributed by atoms with Gasteiger partial charge in [-0.1, -0.05) is 33.7 Å². The van der Waals surface area contributed by atoms with E-state index in [1.807, 2.05) is 11.5 Å². The van der Waals surface area contributed by atoms with Crippen LogP contribution in [0.1, 0.15) is 0 Å². The molecule has 2 N–H and O–H groups in total. The van der Waals surface area contributed by atoms with E-state index in [9.17, 15) is 4.79 Å². The molecule has 1 aliphatic rings. The van der Waals surface area contributed by atoms with Crippen LogP contribution in [0.25, 0.3) is 0 Å². The molecule has 0 fully saturated rings. The Labute approximate surface area is 67.3 Å². The largest absolute Gasteiger partial charge is 0.366 e. The Hall–Kier alpha value is -0.350. The number of primary amides is 1. The summed E-state index contributed by atoms with van der Waals surface area (Å²) in [5.74, 6) is -0.383. The molecule has 0 aliphatic carbocycles. The van der Waals surface area contributed by atoms with E-state index in [1.54, 1.807) is 27.7 Å². The van der Waals surface area contributed by atoms with Gasteiger partial charge in [0.1, 0.15) is 0 Å². The third-order valence-corrected chi connectivity index (χ3v) is 3.19. The van der Waals surface area contributed by atoms with Gasteiger partial charge in [0.25, 0.3) is 0 Å². The van der Waals surface area contributed by atoms with E-state index in [4.69, 9.17) is 5.73 Å². The fraction of sp³-hybridized carbons (Fsp3) is 0.167. The van der Waals surface area contributed by atoms with E-state index in [2.05, 4.69) is 0 Å². The predicted molar refractivity (Wildman–Crippen MR) is 46.4 cm³/mol. The molecular weight excluding hydrogens is 166 g/mol. The Bertz CT molecular complexity index is 188. The van der Waals surface area contributed by atoms with Crippen molar-refractivity contribution in [1.82, 2.24) is 0 Å². The highest BCUT2D eigenvalue weighted by Gasteiger charge is 2.05. The maximum absolute atomic E-state index is 10.3. The summed E-state index contributed by atoms with van der Waals surface area (Å²) in [5.41, 5.74) is 4.90. The Kier molecular flexibility index (Phi) is 2.89. The van der Waals surface area contributed by atoms with Crippen LogP contribution < -0.4 is 5.73 Å². The van der Waals surface area contributed by atoms with Crippen molar-refractivity contribution in [2.75, 3.05) is 0 Å². The van der Waals surface area contributed by atoms with Crippen molar-refractivity contribution in [3.05, 3.63) is 23.6 Å². The molecule has 1 atom stereocenters. The van der Waals surface area contributed by atoms with Crippen molar-refractivity contribution in [1.29, 1.82) is 0 Å². The van der Waals surface area contributed by atoms with Crippen LogP contribution in [0.4, 0.5) is 0 Å². The third-order valence-electron chi connectivity index (χ3n) is 0.941. The minimum atomic E-state index is -0.383. The van der Waals surface area contributed by atoms with Gasteiger partial charge >= 0.3 is 0 Å². The van der Waals surface area contributed by atoms with E-state index in [1.165, 1.54) is 6.08 Å². The van der Waals surface area contributed by atoms with Gasteiger partial charge in [-0.05, 0) is 5.41 Å². The predicted octanol–water partition coefficient (Wildman–Crippen LogP) is 1.31. The van der Waals surface area contributed by atoms with Gasteiger partial charge in [0.2, 0.25) is 5.91 Å². The number of rotatable bonds is 2. The molecule has 1 amide bonds.